The van der Waals surface area contributed by atoms with Gasteiger partial charge in [-0.2, -0.15) is 0 Å². The first-order valence-corrected chi connectivity index (χ1v) is 12.6. The number of amides is 2. The van der Waals surface area contributed by atoms with Crippen LogP contribution >= 0.6 is 0 Å². The van der Waals surface area contributed by atoms with E-state index in [1.165, 1.54) is 11.1 Å². The molecule has 0 bridgehead atoms. The van der Waals surface area contributed by atoms with Crippen molar-refractivity contribution in [2.75, 3.05) is 13.2 Å². The van der Waals surface area contributed by atoms with Gasteiger partial charge >= 0.3 is 12.1 Å². The van der Waals surface area contributed by atoms with Crippen LogP contribution in [0.1, 0.15) is 62.5 Å². The molecular weight excluding hydrogens is 444 g/mol. The Kier molecular flexibility index (Phi) is 8.06. The Morgan fingerprint density at radius 1 is 1.03 bits per heavy atom. The molecule has 7 nitrogen and oxygen atoms in total. The molecule has 0 heterocycles. The van der Waals surface area contributed by atoms with E-state index in [9.17, 15) is 19.5 Å². The maximum absolute atomic E-state index is 12.8. The van der Waals surface area contributed by atoms with Crippen molar-refractivity contribution in [3.63, 3.8) is 0 Å². The van der Waals surface area contributed by atoms with Crippen molar-refractivity contribution < 1.29 is 24.2 Å². The number of benzene rings is 2. The largest absolute Gasteiger partial charge is 0.481 e. The third-order valence-corrected chi connectivity index (χ3v) is 7.30. The third kappa shape index (κ3) is 5.84. The lowest BCUT2D eigenvalue weighted by molar-refractivity contribution is -0.141. The van der Waals surface area contributed by atoms with E-state index in [1.54, 1.807) is 0 Å². The zero-order valence-electron chi connectivity index (χ0n) is 20.2. The van der Waals surface area contributed by atoms with E-state index in [4.69, 9.17) is 4.74 Å². The standard InChI is InChI=1S/C28H34N2O5/c1-2-8-19(27(32)33)16-29-26(31)15-25(18-9-7-10-18)30-28(34)35-17-24-22-13-5-3-11-20(22)21-12-4-6-14-23(21)24/h3-6,11-14,18-19,24-25H,2,7-10,15-17H2,1H3,(H,29,31)(H,30,34)(H,32,33). The van der Waals surface area contributed by atoms with Gasteiger partial charge in [-0.05, 0) is 47.4 Å². The van der Waals surface area contributed by atoms with Gasteiger partial charge in [0.25, 0.3) is 0 Å². The summed E-state index contributed by atoms with van der Waals surface area (Å²) < 4.78 is 5.67. The van der Waals surface area contributed by atoms with Crippen molar-refractivity contribution in [1.29, 1.82) is 0 Å². The molecule has 2 aromatic rings. The second-order valence-corrected chi connectivity index (χ2v) is 9.60. The number of hydrogen-bond acceptors (Lipinski definition) is 4. The predicted molar refractivity (Wildman–Crippen MR) is 133 cm³/mol. The van der Waals surface area contributed by atoms with Crippen LogP contribution < -0.4 is 10.6 Å². The van der Waals surface area contributed by atoms with E-state index in [2.05, 4.69) is 34.9 Å². The Hall–Kier alpha value is -3.35. The van der Waals surface area contributed by atoms with Crippen LogP contribution in [-0.2, 0) is 14.3 Å². The number of hydrogen-bond donors (Lipinski definition) is 3. The number of aliphatic carboxylic acids is 1. The summed E-state index contributed by atoms with van der Waals surface area (Å²) in [6.45, 7) is 2.24. The van der Waals surface area contributed by atoms with Gasteiger partial charge in [0.15, 0.2) is 0 Å². The molecule has 1 saturated carbocycles. The van der Waals surface area contributed by atoms with Crippen LogP contribution in [0.25, 0.3) is 11.1 Å². The molecule has 0 spiro atoms. The predicted octanol–water partition coefficient (Wildman–Crippen LogP) is 4.70. The highest BCUT2D eigenvalue weighted by Crippen LogP contribution is 2.44. The molecule has 2 unspecified atom stereocenters. The molecule has 2 aliphatic carbocycles. The molecule has 0 saturated heterocycles. The van der Waals surface area contributed by atoms with Crippen LogP contribution in [0, 0.1) is 11.8 Å². The van der Waals surface area contributed by atoms with Gasteiger partial charge in [0, 0.05) is 24.9 Å². The van der Waals surface area contributed by atoms with Crippen LogP contribution in [0.3, 0.4) is 0 Å². The summed E-state index contributed by atoms with van der Waals surface area (Å²) in [5.74, 6) is -1.54. The number of carbonyl (C=O) groups excluding carboxylic acids is 2. The molecule has 4 rings (SSSR count). The van der Waals surface area contributed by atoms with Gasteiger partial charge in [-0.1, -0.05) is 68.3 Å². The lowest BCUT2D eigenvalue weighted by Crippen LogP contribution is -2.46. The molecule has 35 heavy (non-hydrogen) atoms. The number of ether oxygens (including phenoxy) is 1. The SMILES string of the molecule is CCCC(CNC(=O)CC(NC(=O)OCC1c2ccccc2-c2ccccc21)C1CCC1)C(=O)O. The Morgan fingerprint density at radius 2 is 1.66 bits per heavy atom. The Bertz CT molecular complexity index is 1020. The fraction of sp³-hybridized carbons (Fsp3) is 0.464. The lowest BCUT2D eigenvalue weighted by Gasteiger charge is -2.33. The highest BCUT2D eigenvalue weighted by molar-refractivity contribution is 5.80. The van der Waals surface area contributed by atoms with E-state index in [-0.39, 0.29) is 43.4 Å². The maximum atomic E-state index is 12.8. The number of rotatable bonds is 11. The summed E-state index contributed by atoms with van der Waals surface area (Å²) in [7, 11) is 0. The minimum Gasteiger partial charge on any atom is -0.481 e. The van der Waals surface area contributed by atoms with E-state index >= 15 is 0 Å². The first-order chi connectivity index (χ1) is 17.0. The molecular formula is C28H34N2O5. The summed E-state index contributed by atoms with van der Waals surface area (Å²) in [4.78, 5) is 36.7. The molecule has 7 heteroatoms. The molecule has 0 aliphatic heterocycles. The van der Waals surface area contributed by atoms with Crippen molar-refractivity contribution in [3.8, 4) is 11.1 Å². The summed E-state index contributed by atoms with van der Waals surface area (Å²) in [6.07, 6.45) is 3.83. The van der Waals surface area contributed by atoms with Crippen molar-refractivity contribution in [2.24, 2.45) is 11.8 Å². The summed E-state index contributed by atoms with van der Waals surface area (Å²) >= 11 is 0. The second-order valence-electron chi connectivity index (χ2n) is 9.60. The van der Waals surface area contributed by atoms with Gasteiger partial charge < -0.3 is 20.5 Å². The van der Waals surface area contributed by atoms with Gasteiger partial charge in [-0.15, -0.1) is 0 Å². The molecule has 186 valence electrons. The molecule has 2 atom stereocenters. The van der Waals surface area contributed by atoms with Crippen molar-refractivity contribution >= 4 is 18.0 Å². The van der Waals surface area contributed by atoms with Gasteiger partial charge in [-0.25, -0.2) is 4.79 Å². The summed E-state index contributed by atoms with van der Waals surface area (Å²) in [6, 6.07) is 16.0. The quantitative estimate of drug-likeness (QED) is 0.434. The topological polar surface area (TPSA) is 105 Å². The van der Waals surface area contributed by atoms with Gasteiger partial charge in [-0.3, -0.25) is 9.59 Å². The number of nitrogens with one attached hydrogen (secondary N) is 2. The van der Waals surface area contributed by atoms with Crippen molar-refractivity contribution in [1.82, 2.24) is 10.6 Å². The Morgan fingerprint density at radius 3 is 2.20 bits per heavy atom. The van der Waals surface area contributed by atoms with E-state index in [0.29, 0.717) is 6.42 Å². The monoisotopic (exact) mass is 478 g/mol. The fourth-order valence-corrected chi connectivity index (χ4v) is 5.14. The fourth-order valence-electron chi connectivity index (χ4n) is 5.14. The molecule has 1 fully saturated rings. The number of fused-ring (bicyclic) bond motifs is 3. The van der Waals surface area contributed by atoms with E-state index in [1.807, 2.05) is 31.2 Å². The first kappa shape index (κ1) is 24.8. The van der Waals surface area contributed by atoms with Crippen LogP contribution in [0.5, 0.6) is 0 Å². The van der Waals surface area contributed by atoms with Crippen molar-refractivity contribution in [3.05, 3.63) is 59.7 Å². The molecule has 2 aromatic carbocycles. The van der Waals surface area contributed by atoms with Crippen LogP contribution in [0.15, 0.2) is 48.5 Å². The maximum Gasteiger partial charge on any atom is 0.407 e. The van der Waals surface area contributed by atoms with E-state index in [0.717, 1.165) is 36.8 Å². The number of alkyl carbamates (subject to hydrolysis) is 1. The molecule has 2 aliphatic rings. The minimum absolute atomic E-state index is 0.0230. The molecule has 3 N–H and O–H groups in total. The van der Waals surface area contributed by atoms with Gasteiger partial charge in [0.05, 0.1) is 5.92 Å². The Balaban J connectivity index is 1.33. The highest BCUT2D eigenvalue weighted by atomic mass is 16.5. The van der Waals surface area contributed by atoms with Gasteiger partial charge in [0.2, 0.25) is 5.91 Å². The van der Waals surface area contributed by atoms with Crippen LogP contribution in [-0.4, -0.2) is 42.3 Å². The Labute approximate surface area is 206 Å². The average Bonchev–Trinajstić information content (AvgIpc) is 3.13. The first-order valence-electron chi connectivity index (χ1n) is 12.6. The number of carboxylic acid groups (broad SMARTS) is 1. The zero-order valence-corrected chi connectivity index (χ0v) is 20.2. The summed E-state index contributed by atoms with van der Waals surface area (Å²) in [5, 5.41) is 15.0. The average molecular weight is 479 g/mol. The lowest BCUT2D eigenvalue weighted by atomic mass is 9.78. The van der Waals surface area contributed by atoms with Crippen molar-refractivity contribution in [2.45, 2.75) is 57.4 Å². The smallest absolute Gasteiger partial charge is 0.407 e. The van der Waals surface area contributed by atoms with Crippen LogP contribution in [0.4, 0.5) is 4.79 Å². The normalized spacial score (nSPS) is 16.4. The third-order valence-electron chi connectivity index (χ3n) is 7.30. The second kappa shape index (κ2) is 11.4. The molecule has 2 amide bonds. The zero-order chi connectivity index (χ0) is 24.8. The molecule has 0 radical (unpaired) electrons. The summed E-state index contributed by atoms with van der Waals surface area (Å²) in [5.41, 5.74) is 4.64. The van der Waals surface area contributed by atoms with Gasteiger partial charge in [0.1, 0.15) is 6.61 Å². The number of carboxylic acids is 1. The molecule has 0 aromatic heterocycles. The number of carbonyl (C=O) groups is 3. The highest BCUT2D eigenvalue weighted by Gasteiger charge is 2.32. The van der Waals surface area contributed by atoms with E-state index < -0.39 is 18.0 Å². The van der Waals surface area contributed by atoms with Crippen LogP contribution in [0.2, 0.25) is 0 Å². The minimum atomic E-state index is -0.903.